The summed E-state index contributed by atoms with van der Waals surface area (Å²) in [5.41, 5.74) is -0.138. The van der Waals surface area contributed by atoms with Crippen LogP contribution in [0, 0.1) is 5.82 Å². The number of fused-ring (bicyclic) bond motifs is 1. The molecule has 3 aromatic rings. The number of nitrogens with one attached hydrogen (secondary N) is 1. The van der Waals surface area contributed by atoms with Crippen LogP contribution in [0.15, 0.2) is 40.2 Å². The van der Waals surface area contributed by atoms with Crippen LogP contribution in [0.2, 0.25) is 0 Å². The summed E-state index contributed by atoms with van der Waals surface area (Å²) in [6, 6.07) is 5.94. The second kappa shape index (κ2) is 6.95. The van der Waals surface area contributed by atoms with E-state index in [2.05, 4.69) is 10.3 Å². The van der Waals surface area contributed by atoms with Crippen LogP contribution < -0.4 is 16.6 Å². The van der Waals surface area contributed by atoms with E-state index in [1.807, 2.05) is 0 Å². The molecule has 26 heavy (non-hydrogen) atoms. The van der Waals surface area contributed by atoms with Crippen LogP contribution in [-0.4, -0.2) is 24.6 Å². The monoisotopic (exact) mass is 359 g/mol. The molecule has 0 unspecified atom stereocenters. The Morgan fingerprint density at radius 1 is 1.19 bits per heavy atom. The lowest BCUT2D eigenvalue weighted by Crippen LogP contribution is -2.37. The first-order valence-corrected chi connectivity index (χ1v) is 8.05. The zero-order valence-electron chi connectivity index (χ0n) is 14.4. The van der Waals surface area contributed by atoms with Gasteiger partial charge in [0.15, 0.2) is 11.2 Å². The second-order valence-electron chi connectivity index (χ2n) is 5.95. The number of amides is 1. The lowest BCUT2D eigenvalue weighted by atomic mass is 10.2. The Morgan fingerprint density at radius 2 is 1.92 bits per heavy atom. The van der Waals surface area contributed by atoms with Crippen molar-refractivity contribution in [2.24, 2.45) is 14.1 Å². The van der Waals surface area contributed by atoms with Crippen molar-refractivity contribution in [2.45, 2.75) is 19.4 Å². The molecule has 136 valence electrons. The fourth-order valence-electron chi connectivity index (χ4n) is 2.75. The highest BCUT2D eigenvalue weighted by Crippen LogP contribution is 2.13. The van der Waals surface area contributed by atoms with Crippen LogP contribution in [0.4, 0.5) is 10.1 Å². The van der Waals surface area contributed by atoms with Crippen molar-refractivity contribution < 1.29 is 9.18 Å². The average molecular weight is 359 g/mol. The first-order valence-electron chi connectivity index (χ1n) is 8.05. The average Bonchev–Trinajstić information content (AvgIpc) is 3.04. The minimum atomic E-state index is -0.495. The van der Waals surface area contributed by atoms with Gasteiger partial charge in [-0.3, -0.25) is 18.7 Å². The van der Waals surface area contributed by atoms with Gasteiger partial charge in [-0.2, -0.15) is 0 Å². The quantitative estimate of drug-likeness (QED) is 0.736. The molecule has 0 saturated heterocycles. The van der Waals surface area contributed by atoms with Crippen molar-refractivity contribution in [2.75, 3.05) is 5.32 Å². The summed E-state index contributed by atoms with van der Waals surface area (Å²) in [6.45, 7) is 0.370. The molecule has 2 aromatic heterocycles. The van der Waals surface area contributed by atoms with Gasteiger partial charge in [0.2, 0.25) is 5.91 Å². The largest absolute Gasteiger partial charge is 0.332 e. The van der Waals surface area contributed by atoms with Crippen molar-refractivity contribution in [3.63, 3.8) is 0 Å². The Balaban J connectivity index is 1.71. The van der Waals surface area contributed by atoms with E-state index in [4.69, 9.17) is 0 Å². The lowest BCUT2D eigenvalue weighted by molar-refractivity contribution is -0.116. The van der Waals surface area contributed by atoms with E-state index in [0.717, 1.165) is 4.57 Å². The number of halogens is 1. The molecule has 0 aliphatic rings. The molecule has 0 spiro atoms. The summed E-state index contributed by atoms with van der Waals surface area (Å²) in [5, 5.41) is 2.51. The number of carbonyl (C=O) groups excluding carboxylic acids is 1. The zero-order valence-corrected chi connectivity index (χ0v) is 14.4. The first-order chi connectivity index (χ1) is 12.4. The number of nitrogens with zero attached hydrogens (tertiary/aromatic N) is 4. The van der Waals surface area contributed by atoms with Crippen LogP contribution in [0.25, 0.3) is 11.2 Å². The number of benzene rings is 1. The molecule has 1 N–H and O–H groups in total. The lowest BCUT2D eigenvalue weighted by Gasteiger charge is -2.08. The molecular weight excluding hydrogens is 341 g/mol. The van der Waals surface area contributed by atoms with E-state index >= 15 is 0 Å². The van der Waals surface area contributed by atoms with Gasteiger partial charge < -0.3 is 9.88 Å². The Kier molecular flexibility index (Phi) is 4.70. The number of aryl methyl sites for hydroxylation is 2. The Bertz CT molecular complexity index is 1100. The molecule has 0 aliphatic heterocycles. The molecule has 0 bridgehead atoms. The number of rotatable bonds is 5. The molecule has 9 heteroatoms. The number of para-hydroxylation sites is 1. The molecule has 0 aliphatic carbocycles. The molecule has 0 atom stereocenters. The van der Waals surface area contributed by atoms with E-state index in [1.54, 1.807) is 23.7 Å². The standard InChI is InChI=1S/C17H18FN5O3/c1-21-15-14(16(25)22(2)17(21)26)23(10-19-15)9-5-8-13(24)20-12-7-4-3-6-11(12)18/h3-4,6-7,10H,5,8-9H2,1-2H3,(H,20,24). The Labute approximate surface area is 147 Å². The third-order valence-corrected chi connectivity index (χ3v) is 4.17. The van der Waals surface area contributed by atoms with E-state index in [9.17, 15) is 18.8 Å². The highest BCUT2D eigenvalue weighted by molar-refractivity contribution is 5.90. The van der Waals surface area contributed by atoms with E-state index in [1.165, 1.54) is 30.1 Å². The maximum Gasteiger partial charge on any atom is 0.332 e. The SMILES string of the molecule is Cn1c(=O)c2c(ncn2CCCC(=O)Nc2ccccc2F)n(C)c1=O. The number of hydrogen-bond donors (Lipinski definition) is 1. The Morgan fingerprint density at radius 3 is 2.65 bits per heavy atom. The zero-order chi connectivity index (χ0) is 18.8. The van der Waals surface area contributed by atoms with Gasteiger partial charge in [-0.25, -0.2) is 14.2 Å². The molecule has 8 nitrogen and oxygen atoms in total. The van der Waals surface area contributed by atoms with Gasteiger partial charge >= 0.3 is 5.69 Å². The second-order valence-corrected chi connectivity index (χ2v) is 5.95. The summed E-state index contributed by atoms with van der Waals surface area (Å²) in [6.07, 6.45) is 2.05. The molecule has 0 radical (unpaired) electrons. The highest BCUT2D eigenvalue weighted by atomic mass is 19.1. The van der Waals surface area contributed by atoms with Gasteiger partial charge in [0, 0.05) is 27.1 Å². The van der Waals surface area contributed by atoms with Crippen LogP contribution in [-0.2, 0) is 25.4 Å². The first kappa shape index (κ1) is 17.6. The molecule has 1 aromatic carbocycles. The number of carbonyl (C=O) groups is 1. The number of anilines is 1. The molecular formula is C17H18FN5O3. The summed E-state index contributed by atoms with van der Waals surface area (Å²) < 4.78 is 17.5. The molecule has 3 rings (SSSR count). The van der Waals surface area contributed by atoms with E-state index in [-0.39, 0.29) is 18.0 Å². The fourth-order valence-corrected chi connectivity index (χ4v) is 2.75. The minimum absolute atomic E-state index is 0.134. The van der Waals surface area contributed by atoms with Gasteiger partial charge in [0.05, 0.1) is 12.0 Å². The maximum atomic E-state index is 13.5. The van der Waals surface area contributed by atoms with Crippen molar-refractivity contribution >= 4 is 22.8 Å². The van der Waals surface area contributed by atoms with Gasteiger partial charge in [-0.15, -0.1) is 0 Å². The van der Waals surface area contributed by atoms with Gasteiger partial charge in [0.1, 0.15) is 5.82 Å². The summed E-state index contributed by atoms with van der Waals surface area (Å²) in [7, 11) is 2.95. The third kappa shape index (κ3) is 3.15. The number of imidazole rings is 1. The predicted molar refractivity (Wildman–Crippen MR) is 94.5 cm³/mol. The summed E-state index contributed by atoms with van der Waals surface area (Å²) in [4.78, 5) is 40.3. The molecule has 2 heterocycles. The highest BCUT2D eigenvalue weighted by Gasteiger charge is 2.14. The fraction of sp³-hybridized carbons (Fsp3) is 0.294. The van der Waals surface area contributed by atoms with E-state index in [0.29, 0.717) is 24.1 Å². The summed E-state index contributed by atoms with van der Waals surface area (Å²) in [5.74, 6) is -0.814. The summed E-state index contributed by atoms with van der Waals surface area (Å²) >= 11 is 0. The van der Waals surface area contributed by atoms with Crippen LogP contribution in [0.5, 0.6) is 0 Å². The third-order valence-electron chi connectivity index (χ3n) is 4.17. The van der Waals surface area contributed by atoms with Crippen LogP contribution in [0.1, 0.15) is 12.8 Å². The van der Waals surface area contributed by atoms with Crippen molar-refractivity contribution in [1.29, 1.82) is 0 Å². The van der Waals surface area contributed by atoms with Crippen LogP contribution >= 0.6 is 0 Å². The van der Waals surface area contributed by atoms with Crippen molar-refractivity contribution in [3.05, 3.63) is 57.2 Å². The van der Waals surface area contributed by atoms with Gasteiger partial charge in [-0.05, 0) is 18.6 Å². The van der Waals surface area contributed by atoms with Gasteiger partial charge in [-0.1, -0.05) is 12.1 Å². The predicted octanol–water partition coefficient (Wildman–Crippen LogP) is 0.992. The number of aromatic nitrogens is 4. The maximum absolute atomic E-state index is 13.5. The Hall–Kier alpha value is -3.23. The van der Waals surface area contributed by atoms with E-state index < -0.39 is 17.1 Å². The minimum Gasteiger partial charge on any atom is -0.325 e. The topological polar surface area (TPSA) is 90.9 Å². The molecule has 0 saturated carbocycles. The van der Waals surface area contributed by atoms with Crippen LogP contribution in [0.3, 0.4) is 0 Å². The van der Waals surface area contributed by atoms with Gasteiger partial charge in [0.25, 0.3) is 5.56 Å². The van der Waals surface area contributed by atoms with Crippen molar-refractivity contribution in [1.82, 2.24) is 18.7 Å². The smallest absolute Gasteiger partial charge is 0.325 e. The molecule has 1 amide bonds. The molecule has 0 fully saturated rings. The number of hydrogen-bond acceptors (Lipinski definition) is 4. The normalized spacial score (nSPS) is 11.0. The van der Waals surface area contributed by atoms with Crippen molar-refractivity contribution in [3.8, 4) is 0 Å².